The van der Waals surface area contributed by atoms with Crippen molar-refractivity contribution in [2.45, 2.75) is 39.4 Å². The number of primary amides is 1. The maximum atomic E-state index is 10.8. The van der Waals surface area contributed by atoms with Crippen molar-refractivity contribution in [1.29, 1.82) is 0 Å². The number of nitrogens with zero attached hydrogens (tertiary/aromatic N) is 2. The normalized spacial score (nSPS) is 13.1. The van der Waals surface area contributed by atoms with E-state index in [1.165, 1.54) is 0 Å². The van der Waals surface area contributed by atoms with Crippen LogP contribution in [0.3, 0.4) is 0 Å². The molecule has 3 N–H and O–H groups in total. The molecule has 0 bridgehead atoms. The summed E-state index contributed by atoms with van der Waals surface area (Å²) in [6, 6.07) is 1.96. The van der Waals surface area contributed by atoms with E-state index >= 15 is 0 Å². The van der Waals surface area contributed by atoms with E-state index in [4.69, 9.17) is 5.73 Å². The van der Waals surface area contributed by atoms with E-state index in [1.807, 2.05) is 16.9 Å². The van der Waals surface area contributed by atoms with Gasteiger partial charge in [-0.2, -0.15) is 5.10 Å². The Labute approximate surface area is 89.6 Å². The number of aromatic nitrogens is 2. The molecule has 5 heteroatoms. The molecule has 0 aliphatic rings. The maximum absolute atomic E-state index is 10.8. The molecule has 1 aromatic heterocycles. The average molecular weight is 210 g/mol. The number of nitrogens with two attached hydrogens (primary N) is 1. The van der Waals surface area contributed by atoms with Gasteiger partial charge in [0.25, 0.3) is 0 Å². The minimum absolute atomic E-state index is 0.325. The number of nitrogens with one attached hydrogen (secondary N) is 1. The van der Waals surface area contributed by atoms with Crippen LogP contribution in [0.2, 0.25) is 0 Å². The third kappa shape index (κ3) is 3.36. The molecule has 84 valence electrons. The summed E-state index contributed by atoms with van der Waals surface area (Å²) in [7, 11) is 0. The van der Waals surface area contributed by atoms with Gasteiger partial charge in [0.1, 0.15) is 0 Å². The standard InChI is InChI=1S/C10H18N4O/c1-7(2)14-5-4-9(13-14)6-12-8(3)10(11)15/h4-5,7-8,12H,6H2,1-3H3,(H2,11,15). The van der Waals surface area contributed by atoms with Gasteiger partial charge in [-0.05, 0) is 26.8 Å². The quantitative estimate of drug-likeness (QED) is 0.740. The van der Waals surface area contributed by atoms with E-state index in [2.05, 4.69) is 24.3 Å². The summed E-state index contributed by atoms with van der Waals surface area (Å²) < 4.78 is 1.88. The largest absolute Gasteiger partial charge is 0.368 e. The lowest BCUT2D eigenvalue weighted by Gasteiger charge is -2.08. The highest BCUT2D eigenvalue weighted by molar-refractivity contribution is 5.79. The molecule has 0 saturated heterocycles. The Hall–Kier alpha value is -1.36. The third-order valence-electron chi connectivity index (χ3n) is 2.21. The highest BCUT2D eigenvalue weighted by Crippen LogP contribution is 2.03. The van der Waals surface area contributed by atoms with Crippen LogP contribution in [0.4, 0.5) is 0 Å². The highest BCUT2D eigenvalue weighted by atomic mass is 16.1. The Bertz CT molecular complexity index is 332. The molecule has 0 saturated carbocycles. The smallest absolute Gasteiger partial charge is 0.234 e. The van der Waals surface area contributed by atoms with E-state index in [0.717, 1.165) is 5.69 Å². The second-order valence-corrected chi connectivity index (χ2v) is 3.89. The van der Waals surface area contributed by atoms with Crippen molar-refractivity contribution in [2.75, 3.05) is 0 Å². The van der Waals surface area contributed by atoms with Gasteiger partial charge < -0.3 is 11.1 Å². The Balaban J connectivity index is 2.47. The summed E-state index contributed by atoms with van der Waals surface area (Å²) >= 11 is 0. The number of hydrogen-bond acceptors (Lipinski definition) is 3. The fourth-order valence-electron chi connectivity index (χ4n) is 1.12. The molecule has 1 rings (SSSR count). The van der Waals surface area contributed by atoms with Crippen LogP contribution < -0.4 is 11.1 Å². The van der Waals surface area contributed by atoms with Crippen LogP contribution in [0.25, 0.3) is 0 Å². The summed E-state index contributed by atoms with van der Waals surface area (Å²) in [5, 5.41) is 7.34. The first-order valence-corrected chi connectivity index (χ1v) is 5.07. The monoisotopic (exact) mass is 210 g/mol. The van der Waals surface area contributed by atoms with E-state index in [0.29, 0.717) is 12.6 Å². The lowest BCUT2D eigenvalue weighted by molar-refractivity contribution is -0.119. The van der Waals surface area contributed by atoms with Crippen LogP contribution in [-0.2, 0) is 11.3 Å². The topological polar surface area (TPSA) is 72.9 Å². The average Bonchev–Trinajstić information content (AvgIpc) is 2.62. The number of carbonyl (C=O) groups excluding carboxylic acids is 1. The molecule has 1 aromatic rings. The molecule has 0 aliphatic carbocycles. The number of hydrogen-bond donors (Lipinski definition) is 2. The van der Waals surface area contributed by atoms with Crippen LogP contribution in [0.5, 0.6) is 0 Å². The van der Waals surface area contributed by atoms with Gasteiger partial charge in [0.2, 0.25) is 5.91 Å². The second-order valence-electron chi connectivity index (χ2n) is 3.89. The minimum Gasteiger partial charge on any atom is -0.368 e. The van der Waals surface area contributed by atoms with E-state index < -0.39 is 0 Å². The summed E-state index contributed by atoms with van der Waals surface area (Å²) in [6.45, 7) is 6.43. The molecule has 0 aromatic carbocycles. The summed E-state index contributed by atoms with van der Waals surface area (Å²) in [5.41, 5.74) is 6.04. The lowest BCUT2D eigenvalue weighted by Crippen LogP contribution is -2.38. The molecular formula is C10H18N4O. The van der Waals surface area contributed by atoms with Crippen LogP contribution >= 0.6 is 0 Å². The van der Waals surface area contributed by atoms with Gasteiger partial charge in [-0.1, -0.05) is 0 Å². The van der Waals surface area contributed by atoms with Gasteiger partial charge in [-0.25, -0.2) is 0 Å². The zero-order valence-corrected chi connectivity index (χ0v) is 9.40. The van der Waals surface area contributed by atoms with Gasteiger partial charge >= 0.3 is 0 Å². The first-order chi connectivity index (χ1) is 7.00. The third-order valence-corrected chi connectivity index (χ3v) is 2.21. The zero-order chi connectivity index (χ0) is 11.4. The number of amides is 1. The van der Waals surface area contributed by atoms with Crippen molar-refractivity contribution >= 4 is 5.91 Å². The summed E-state index contributed by atoms with van der Waals surface area (Å²) in [4.78, 5) is 10.8. The molecular weight excluding hydrogens is 192 g/mol. The minimum atomic E-state index is -0.349. The van der Waals surface area contributed by atoms with Gasteiger partial charge in [0.05, 0.1) is 11.7 Å². The first kappa shape index (κ1) is 11.7. The van der Waals surface area contributed by atoms with Crippen molar-refractivity contribution in [3.63, 3.8) is 0 Å². The molecule has 1 amide bonds. The maximum Gasteiger partial charge on any atom is 0.234 e. The first-order valence-electron chi connectivity index (χ1n) is 5.07. The predicted octanol–water partition coefficient (Wildman–Crippen LogP) is 0.427. The predicted molar refractivity (Wildman–Crippen MR) is 58.1 cm³/mol. The van der Waals surface area contributed by atoms with Crippen molar-refractivity contribution in [3.8, 4) is 0 Å². The second kappa shape index (κ2) is 4.93. The van der Waals surface area contributed by atoms with Crippen molar-refractivity contribution in [3.05, 3.63) is 18.0 Å². The van der Waals surface area contributed by atoms with Crippen molar-refractivity contribution in [1.82, 2.24) is 15.1 Å². The number of rotatable bonds is 5. The molecule has 1 atom stereocenters. The summed E-state index contributed by atoms with van der Waals surface area (Å²) in [5.74, 6) is -0.349. The zero-order valence-electron chi connectivity index (χ0n) is 9.40. The Morgan fingerprint density at radius 2 is 2.27 bits per heavy atom. The van der Waals surface area contributed by atoms with Crippen molar-refractivity contribution in [2.24, 2.45) is 5.73 Å². The molecule has 5 nitrogen and oxygen atoms in total. The van der Waals surface area contributed by atoms with Gasteiger partial charge in [-0.3, -0.25) is 9.48 Å². The Morgan fingerprint density at radius 3 is 2.73 bits per heavy atom. The molecule has 1 unspecified atom stereocenters. The van der Waals surface area contributed by atoms with E-state index in [1.54, 1.807) is 6.92 Å². The van der Waals surface area contributed by atoms with Crippen molar-refractivity contribution < 1.29 is 4.79 Å². The molecule has 1 heterocycles. The number of carbonyl (C=O) groups is 1. The molecule has 0 fully saturated rings. The summed E-state index contributed by atoms with van der Waals surface area (Å²) in [6.07, 6.45) is 1.93. The molecule has 15 heavy (non-hydrogen) atoms. The van der Waals surface area contributed by atoms with Crippen LogP contribution in [0.1, 0.15) is 32.5 Å². The Kier molecular flexibility index (Phi) is 3.85. The van der Waals surface area contributed by atoms with Crippen LogP contribution in [0, 0.1) is 0 Å². The van der Waals surface area contributed by atoms with Gasteiger partial charge in [0.15, 0.2) is 0 Å². The van der Waals surface area contributed by atoms with Crippen LogP contribution in [-0.4, -0.2) is 21.7 Å². The SMILES string of the molecule is CC(NCc1ccn(C(C)C)n1)C(N)=O. The molecule has 0 spiro atoms. The fraction of sp³-hybridized carbons (Fsp3) is 0.600. The van der Waals surface area contributed by atoms with Crippen LogP contribution in [0.15, 0.2) is 12.3 Å². The van der Waals surface area contributed by atoms with E-state index in [9.17, 15) is 4.79 Å². The Morgan fingerprint density at radius 1 is 1.60 bits per heavy atom. The van der Waals surface area contributed by atoms with Gasteiger partial charge in [0, 0.05) is 18.8 Å². The van der Waals surface area contributed by atoms with Gasteiger partial charge in [-0.15, -0.1) is 0 Å². The molecule has 0 radical (unpaired) electrons. The highest BCUT2D eigenvalue weighted by Gasteiger charge is 2.08. The lowest BCUT2D eigenvalue weighted by atomic mass is 10.3. The van der Waals surface area contributed by atoms with E-state index in [-0.39, 0.29) is 11.9 Å². The fourth-order valence-corrected chi connectivity index (χ4v) is 1.12. The molecule has 0 aliphatic heterocycles.